The van der Waals surface area contributed by atoms with Crippen molar-refractivity contribution in [3.63, 3.8) is 0 Å². The van der Waals surface area contributed by atoms with E-state index in [-0.39, 0.29) is 11.9 Å². The maximum atomic E-state index is 12.1. The van der Waals surface area contributed by atoms with Crippen LogP contribution in [0.5, 0.6) is 0 Å². The Morgan fingerprint density at radius 1 is 1.17 bits per heavy atom. The second-order valence-corrected chi connectivity index (χ2v) is 6.66. The Bertz CT molecular complexity index is 728. The predicted molar refractivity (Wildman–Crippen MR) is 104 cm³/mol. The first-order valence-electron chi connectivity index (χ1n) is 7.38. The van der Waals surface area contributed by atoms with Gasteiger partial charge in [0.25, 0.3) is 5.91 Å². The van der Waals surface area contributed by atoms with Crippen molar-refractivity contribution in [3.05, 3.63) is 62.7 Å². The van der Waals surface area contributed by atoms with Crippen LogP contribution in [0.2, 0.25) is 0 Å². The lowest BCUT2D eigenvalue weighted by Crippen LogP contribution is -2.35. The van der Waals surface area contributed by atoms with E-state index < -0.39 is 0 Å². The molecular formula is C18H20IN3O. The molecule has 0 aromatic heterocycles. The summed E-state index contributed by atoms with van der Waals surface area (Å²) in [5.41, 5.74) is 6.75. The van der Waals surface area contributed by atoms with Crippen LogP contribution < -0.4 is 10.7 Å². The second kappa shape index (κ2) is 8.10. The van der Waals surface area contributed by atoms with Crippen molar-refractivity contribution >= 4 is 40.4 Å². The molecule has 0 spiro atoms. The molecule has 4 nitrogen and oxygen atoms in total. The van der Waals surface area contributed by atoms with E-state index in [1.54, 1.807) is 6.21 Å². The fourth-order valence-corrected chi connectivity index (χ4v) is 2.73. The predicted octanol–water partition coefficient (Wildman–Crippen LogP) is 3.86. The third kappa shape index (κ3) is 5.06. The smallest absolute Gasteiger partial charge is 0.262 e. The van der Waals surface area contributed by atoms with Gasteiger partial charge in [0.1, 0.15) is 6.04 Å². The number of aryl methyl sites for hydroxylation is 2. The minimum absolute atomic E-state index is 0.173. The second-order valence-electron chi connectivity index (χ2n) is 5.42. The van der Waals surface area contributed by atoms with Crippen molar-refractivity contribution < 1.29 is 4.79 Å². The number of carbonyl (C=O) groups is 1. The number of benzene rings is 2. The lowest BCUT2D eigenvalue weighted by atomic mass is 10.1. The Kier molecular flexibility index (Phi) is 6.15. The molecule has 2 aromatic carbocycles. The molecule has 0 saturated carbocycles. The average Bonchev–Trinajstić information content (AvgIpc) is 2.51. The normalized spacial score (nSPS) is 12.2. The van der Waals surface area contributed by atoms with E-state index in [0.717, 1.165) is 22.4 Å². The quantitative estimate of drug-likeness (QED) is 0.438. The van der Waals surface area contributed by atoms with Crippen LogP contribution in [-0.2, 0) is 4.79 Å². The molecule has 0 radical (unpaired) electrons. The lowest BCUT2D eigenvalue weighted by Gasteiger charge is -2.15. The first-order valence-corrected chi connectivity index (χ1v) is 8.46. The highest BCUT2D eigenvalue weighted by atomic mass is 127. The van der Waals surface area contributed by atoms with Gasteiger partial charge in [-0.05, 0) is 78.3 Å². The first-order chi connectivity index (χ1) is 11.0. The molecule has 1 amide bonds. The van der Waals surface area contributed by atoms with E-state index in [9.17, 15) is 4.79 Å². The number of amides is 1. The van der Waals surface area contributed by atoms with Crippen molar-refractivity contribution in [2.24, 2.45) is 5.10 Å². The number of hydrazone groups is 1. The SMILES string of the molecule is Cc1ccccc1C=NNC(=O)C(C)Nc1ccc(I)cc1C. The molecule has 5 heteroatoms. The van der Waals surface area contributed by atoms with Crippen LogP contribution in [0.15, 0.2) is 47.6 Å². The highest BCUT2D eigenvalue weighted by Crippen LogP contribution is 2.18. The number of nitrogens with zero attached hydrogens (tertiary/aromatic N) is 1. The Morgan fingerprint density at radius 2 is 1.91 bits per heavy atom. The maximum absolute atomic E-state index is 12.1. The third-order valence-corrected chi connectivity index (χ3v) is 4.19. The van der Waals surface area contributed by atoms with Gasteiger partial charge in [-0.2, -0.15) is 5.10 Å². The molecule has 0 aliphatic heterocycles. The number of nitrogens with one attached hydrogen (secondary N) is 2. The van der Waals surface area contributed by atoms with Crippen molar-refractivity contribution in [1.82, 2.24) is 5.43 Å². The molecule has 120 valence electrons. The summed E-state index contributed by atoms with van der Waals surface area (Å²) < 4.78 is 1.17. The summed E-state index contributed by atoms with van der Waals surface area (Å²) in [6.07, 6.45) is 1.66. The molecule has 0 bridgehead atoms. The van der Waals surface area contributed by atoms with Gasteiger partial charge in [0.05, 0.1) is 6.21 Å². The largest absolute Gasteiger partial charge is 0.374 e. The number of hydrogen-bond donors (Lipinski definition) is 2. The number of halogens is 1. The number of hydrogen-bond acceptors (Lipinski definition) is 3. The van der Waals surface area contributed by atoms with E-state index in [0.29, 0.717) is 0 Å². The van der Waals surface area contributed by atoms with Crippen molar-refractivity contribution in [2.75, 3.05) is 5.32 Å². The minimum atomic E-state index is -0.372. The zero-order valence-electron chi connectivity index (χ0n) is 13.4. The molecule has 1 unspecified atom stereocenters. The number of rotatable bonds is 5. The van der Waals surface area contributed by atoms with Crippen LogP contribution in [-0.4, -0.2) is 18.2 Å². The van der Waals surface area contributed by atoms with E-state index in [1.807, 2.05) is 57.2 Å². The van der Waals surface area contributed by atoms with Gasteiger partial charge in [0.2, 0.25) is 0 Å². The summed E-state index contributed by atoms with van der Waals surface area (Å²) >= 11 is 2.27. The van der Waals surface area contributed by atoms with Crippen molar-refractivity contribution in [1.29, 1.82) is 0 Å². The molecule has 1 atom stereocenters. The summed E-state index contributed by atoms with van der Waals surface area (Å²) in [5.74, 6) is -0.173. The maximum Gasteiger partial charge on any atom is 0.262 e. The van der Waals surface area contributed by atoms with Gasteiger partial charge < -0.3 is 5.32 Å². The molecule has 0 aliphatic rings. The Morgan fingerprint density at radius 3 is 2.61 bits per heavy atom. The molecule has 0 aliphatic carbocycles. The lowest BCUT2D eigenvalue weighted by molar-refractivity contribution is -0.121. The van der Waals surface area contributed by atoms with Gasteiger partial charge >= 0.3 is 0 Å². The summed E-state index contributed by atoms with van der Waals surface area (Å²) in [7, 11) is 0. The molecule has 0 fully saturated rings. The van der Waals surface area contributed by atoms with Crippen LogP contribution in [0, 0.1) is 17.4 Å². The number of anilines is 1. The zero-order chi connectivity index (χ0) is 16.8. The standard InChI is InChI=1S/C18H20IN3O/c1-12-6-4-5-7-15(12)11-20-22-18(23)14(3)21-17-9-8-16(19)10-13(17)2/h4-11,14,21H,1-3H3,(H,22,23). The number of carbonyl (C=O) groups excluding carboxylic acids is 1. The minimum Gasteiger partial charge on any atom is -0.374 e. The van der Waals surface area contributed by atoms with Gasteiger partial charge in [-0.3, -0.25) is 4.79 Å². The van der Waals surface area contributed by atoms with Gasteiger partial charge in [0.15, 0.2) is 0 Å². The monoisotopic (exact) mass is 421 g/mol. The van der Waals surface area contributed by atoms with E-state index in [2.05, 4.69) is 44.5 Å². The molecule has 2 rings (SSSR count). The zero-order valence-corrected chi connectivity index (χ0v) is 15.6. The first kappa shape index (κ1) is 17.5. The van der Waals surface area contributed by atoms with Crippen LogP contribution in [0.1, 0.15) is 23.6 Å². The molecule has 23 heavy (non-hydrogen) atoms. The fraction of sp³-hybridized carbons (Fsp3) is 0.222. The van der Waals surface area contributed by atoms with Crippen LogP contribution in [0.4, 0.5) is 5.69 Å². The van der Waals surface area contributed by atoms with Gasteiger partial charge in [0, 0.05) is 9.26 Å². The van der Waals surface area contributed by atoms with Gasteiger partial charge in [-0.15, -0.1) is 0 Å². The van der Waals surface area contributed by atoms with Crippen molar-refractivity contribution in [3.8, 4) is 0 Å². The topological polar surface area (TPSA) is 53.5 Å². The van der Waals surface area contributed by atoms with Crippen LogP contribution in [0.3, 0.4) is 0 Å². The fourth-order valence-electron chi connectivity index (χ4n) is 2.08. The summed E-state index contributed by atoms with van der Waals surface area (Å²) in [6.45, 7) is 5.84. The van der Waals surface area contributed by atoms with Crippen molar-refractivity contribution in [2.45, 2.75) is 26.8 Å². The summed E-state index contributed by atoms with van der Waals surface area (Å²) in [4.78, 5) is 12.1. The van der Waals surface area contributed by atoms with Crippen LogP contribution in [0.25, 0.3) is 0 Å². The van der Waals surface area contributed by atoms with Gasteiger partial charge in [-0.1, -0.05) is 24.3 Å². The molecule has 0 heterocycles. The summed E-state index contributed by atoms with van der Waals surface area (Å²) in [6, 6.07) is 13.6. The third-order valence-electron chi connectivity index (χ3n) is 3.52. The van der Waals surface area contributed by atoms with E-state index in [1.165, 1.54) is 3.57 Å². The molecule has 2 N–H and O–H groups in total. The average molecular weight is 421 g/mol. The molecule has 2 aromatic rings. The van der Waals surface area contributed by atoms with E-state index in [4.69, 9.17) is 0 Å². The molecular weight excluding hydrogens is 401 g/mol. The Hall–Kier alpha value is -1.89. The Labute approximate surface area is 150 Å². The highest BCUT2D eigenvalue weighted by molar-refractivity contribution is 14.1. The highest BCUT2D eigenvalue weighted by Gasteiger charge is 2.12. The van der Waals surface area contributed by atoms with E-state index >= 15 is 0 Å². The molecule has 0 saturated heterocycles. The van der Waals surface area contributed by atoms with Crippen LogP contribution >= 0.6 is 22.6 Å². The van der Waals surface area contributed by atoms with Gasteiger partial charge in [-0.25, -0.2) is 5.43 Å². The Balaban J connectivity index is 1.94. The summed E-state index contributed by atoms with van der Waals surface area (Å²) in [5, 5.41) is 7.24.